The first-order chi connectivity index (χ1) is 9.90. The van der Waals surface area contributed by atoms with Gasteiger partial charge in [-0.2, -0.15) is 0 Å². The maximum Gasteiger partial charge on any atom is 0.223 e. The fourth-order valence-corrected chi connectivity index (χ4v) is 3.18. The first-order valence-corrected chi connectivity index (χ1v) is 7.53. The van der Waals surface area contributed by atoms with Gasteiger partial charge in [0.25, 0.3) is 0 Å². The highest BCUT2D eigenvalue weighted by atomic mass is 16.5. The van der Waals surface area contributed by atoms with Crippen LogP contribution in [-0.4, -0.2) is 28.7 Å². The van der Waals surface area contributed by atoms with E-state index in [4.69, 9.17) is 4.74 Å². The third kappa shape index (κ3) is 2.33. The van der Waals surface area contributed by atoms with Crippen molar-refractivity contribution in [2.75, 3.05) is 6.54 Å². The van der Waals surface area contributed by atoms with Crippen LogP contribution in [0.5, 0.6) is 5.75 Å². The minimum atomic E-state index is -0.898. The van der Waals surface area contributed by atoms with Crippen LogP contribution in [-0.2, 0) is 9.59 Å². The SMILES string of the molecule is Cc1ccc2c(c1)C(N1CCCCC1=O)C(=O)C(C)(C)O2. The molecule has 0 saturated carbocycles. The molecule has 2 aliphatic rings. The zero-order valence-electron chi connectivity index (χ0n) is 12.8. The van der Waals surface area contributed by atoms with Gasteiger partial charge in [0.15, 0.2) is 5.60 Å². The van der Waals surface area contributed by atoms with E-state index in [1.165, 1.54) is 0 Å². The first-order valence-electron chi connectivity index (χ1n) is 7.53. The zero-order valence-corrected chi connectivity index (χ0v) is 12.8. The molecular weight excluding hydrogens is 266 g/mol. The summed E-state index contributed by atoms with van der Waals surface area (Å²) in [6, 6.07) is 5.34. The lowest BCUT2D eigenvalue weighted by atomic mass is 9.85. The van der Waals surface area contributed by atoms with E-state index in [0.717, 1.165) is 24.0 Å². The third-order valence-corrected chi connectivity index (χ3v) is 4.34. The number of hydrogen-bond acceptors (Lipinski definition) is 3. The molecule has 0 bridgehead atoms. The number of carbonyl (C=O) groups is 2. The van der Waals surface area contributed by atoms with Crippen molar-refractivity contribution in [2.24, 2.45) is 0 Å². The summed E-state index contributed by atoms with van der Waals surface area (Å²) in [5, 5.41) is 0. The quantitative estimate of drug-likeness (QED) is 0.798. The van der Waals surface area contributed by atoms with E-state index >= 15 is 0 Å². The monoisotopic (exact) mass is 287 g/mol. The Bertz CT molecular complexity index is 606. The van der Waals surface area contributed by atoms with Crippen LogP contribution in [0.2, 0.25) is 0 Å². The molecule has 112 valence electrons. The van der Waals surface area contributed by atoms with Crippen molar-refractivity contribution in [1.29, 1.82) is 0 Å². The van der Waals surface area contributed by atoms with E-state index in [1.807, 2.05) is 25.1 Å². The summed E-state index contributed by atoms with van der Waals surface area (Å²) in [7, 11) is 0. The second-order valence-electron chi connectivity index (χ2n) is 6.46. The van der Waals surface area contributed by atoms with Gasteiger partial charge >= 0.3 is 0 Å². The second kappa shape index (κ2) is 4.86. The van der Waals surface area contributed by atoms with Crippen molar-refractivity contribution in [3.8, 4) is 5.75 Å². The van der Waals surface area contributed by atoms with E-state index in [-0.39, 0.29) is 11.7 Å². The highest BCUT2D eigenvalue weighted by molar-refractivity contribution is 5.97. The maximum absolute atomic E-state index is 12.8. The number of carbonyl (C=O) groups excluding carboxylic acids is 2. The number of ketones is 1. The van der Waals surface area contributed by atoms with Gasteiger partial charge in [0.05, 0.1) is 0 Å². The Morgan fingerprint density at radius 2 is 2.00 bits per heavy atom. The molecule has 0 spiro atoms. The van der Waals surface area contributed by atoms with Crippen molar-refractivity contribution in [3.63, 3.8) is 0 Å². The van der Waals surface area contributed by atoms with Crippen molar-refractivity contribution < 1.29 is 14.3 Å². The molecule has 0 N–H and O–H groups in total. The highest BCUT2D eigenvalue weighted by Gasteiger charge is 2.46. The Morgan fingerprint density at radius 1 is 1.24 bits per heavy atom. The topological polar surface area (TPSA) is 46.6 Å². The normalized spacial score (nSPS) is 24.5. The van der Waals surface area contributed by atoms with Crippen LogP contribution in [0.3, 0.4) is 0 Å². The molecule has 1 unspecified atom stereocenters. The van der Waals surface area contributed by atoms with Crippen molar-refractivity contribution >= 4 is 11.7 Å². The molecule has 4 nitrogen and oxygen atoms in total. The summed E-state index contributed by atoms with van der Waals surface area (Å²) >= 11 is 0. The number of likely N-dealkylation sites (tertiary alicyclic amines) is 1. The molecule has 0 aliphatic carbocycles. The fourth-order valence-electron chi connectivity index (χ4n) is 3.18. The standard InChI is InChI=1S/C17H21NO3/c1-11-7-8-13-12(10-11)15(16(20)17(2,3)21-13)18-9-5-4-6-14(18)19/h7-8,10,15H,4-6,9H2,1-3H3. The van der Waals surface area contributed by atoms with Gasteiger partial charge in [0.1, 0.15) is 11.8 Å². The van der Waals surface area contributed by atoms with E-state index in [9.17, 15) is 9.59 Å². The van der Waals surface area contributed by atoms with Crippen LogP contribution in [0.1, 0.15) is 50.3 Å². The molecule has 2 aliphatic heterocycles. The summed E-state index contributed by atoms with van der Waals surface area (Å²) in [6.07, 6.45) is 2.40. The molecule has 1 aromatic carbocycles. The van der Waals surface area contributed by atoms with Crippen molar-refractivity contribution in [2.45, 2.75) is 51.7 Å². The van der Waals surface area contributed by atoms with Gasteiger partial charge in [-0.1, -0.05) is 11.6 Å². The largest absolute Gasteiger partial charge is 0.480 e. The minimum Gasteiger partial charge on any atom is -0.480 e. The van der Waals surface area contributed by atoms with Gasteiger partial charge in [-0.15, -0.1) is 0 Å². The van der Waals surface area contributed by atoms with Crippen molar-refractivity contribution in [3.05, 3.63) is 29.3 Å². The number of amides is 1. The number of piperidine rings is 1. The zero-order chi connectivity index (χ0) is 15.2. The van der Waals surface area contributed by atoms with Crippen LogP contribution in [0.25, 0.3) is 0 Å². The highest BCUT2D eigenvalue weighted by Crippen LogP contribution is 2.41. The molecule has 0 radical (unpaired) electrons. The van der Waals surface area contributed by atoms with Gasteiger partial charge in [0, 0.05) is 18.5 Å². The molecular formula is C17H21NO3. The predicted molar refractivity (Wildman–Crippen MR) is 79.2 cm³/mol. The Kier molecular flexibility index (Phi) is 3.27. The van der Waals surface area contributed by atoms with Crippen LogP contribution in [0.15, 0.2) is 18.2 Å². The summed E-state index contributed by atoms with van der Waals surface area (Å²) in [5.41, 5.74) is 0.999. The smallest absolute Gasteiger partial charge is 0.223 e. The maximum atomic E-state index is 12.8. The number of aryl methyl sites for hydroxylation is 1. The van der Waals surface area contributed by atoms with Crippen LogP contribution in [0, 0.1) is 6.92 Å². The molecule has 2 heterocycles. The van der Waals surface area contributed by atoms with Crippen LogP contribution >= 0.6 is 0 Å². The lowest BCUT2D eigenvalue weighted by Gasteiger charge is -2.42. The van der Waals surface area contributed by atoms with Crippen molar-refractivity contribution in [1.82, 2.24) is 4.90 Å². The van der Waals surface area contributed by atoms with Gasteiger partial charge in [0.2, 0.25) is 11.7 Å². The Balaban J connectivity index is 2.10. The van der Waals surface area contributed by atoms with Gasteiger partial charge in [-0.05, 0) is 45.7 Å². The number of benzene rings is 1. The molecule has 1 saturated heterocycles. The molecule has 4 heteroatoms. The van der Waals surface area contributed by atoms with Crippen LogP contribution < -0.4 is 4.74 Å². The molecule has 1 amide bonds. The summed E-state index contributed by atoms with van der Waals surface area (Å²) in [4.78, 5) is 26.9. The number of fused-ring (bicyclic) bond motifs is 1. The van der Waals surface area contributed by atoms with Gasteiger partial charge < -0.3 is 9.64 Å². The first kappa shape index (κ1) is 14.1. The average Bonchev–Trinajstić information content (AvgIpc) is 2.42. The summed E-state index contributed by atoms with van der Waals surface area (Å²) < 4.78 is 5.86. The number of rotatable bonds is 1. The molecule has 1 fully saturated rings. The Morgan fingerprint density at radius 3 is 2.71 bits per heavy atom. The average molecular weight is 287 g/mol. The lowest BCUT2D eigenvalue weighted by Crippen LogP contribution is -2.52. The molecule has 1 aromatic rings. The third-order valence-electron chi connectivity index (χ3n) is 4.34. The Labute approximate surface area is 125 Å². The van der Waals surface area contributed by atoms with E-state index < -0.39 is 11.6 Å². The fraction of sp³-hybridized carbons (Fsp3) is 0.529. The van der Waals surface area contributed by atoms with E-state index in [1.54, 1.807) is 18.7 Å². The minimum absolute atomic E-state index is 0.0316. The summed E-state index contributed by atoms with van der Waals surface area (Å²) in [6.45, 7) is 6.19. The number of ether oxygens (including phenoxy) is 1. The molecule has 21 heavy (non-hydrogen) atoms. The van der Waals surface area contributed by atoms with E-state index in [0.29, 0.717) is 18.7 Å². The molecule has 0 aromatic heterocycles. The second-order valence-corrected chi connectivity index (χ2v) is 6.46. The summed E-state index contributed by atoms with van der Waals surface area (Å²) in [5.74, 6) is 0.758. The predicted octanol–water partition coefficient (Wildman–Crippen LogP) is 2.79. The molecule has 1 atom stereocenters. The van der Waals surface area contributed by atoms with E-state index in [2.05, 4.69) is 0 Å². The van der Waals surface area contributed by atoms with Crippen LogP contribution in [0.4, 0.5) is 0 Å². The molecule has 3 rings (SSSR count). The van der Waals surface area contributed by atoms with Gasteiger partial charge in [-0.3, -0.25) is 9.59 Å². The number of hydrogen-bond donors (Lipinski definition) is 0. The Hall–Kier alpha value is -1.84. The lowest BCUT2D eigenvalue weighted by molar-refractivity contribution is -0.150. The van der Waals surface area contributed by atoms with Gasteiger partial charge in [-0.25, -0.2) is 0 Å². The number of Topliss-reactive ketones (excluding diaryl/α,β-unsaturated/α-hetero) is 1. The number of nitrogens with zero attached hydrogens (tertiary/aromatic N) is 1.